The Labute approximate surface area is 160 Å². The van der Waals surface area contributed by atoms with Crippen LogP contribution >= 0.6 is 0 Å². The van der Waals surface area contributed by atoms with E-state index in [1.165, 1.54) is 6.20 Å². The standard InChI is InChI=1S/C22H25N3O2/c1-3-16(2)20-6-4-5-7-21(20)25-15-18(14-23)22(27)24-13-12-17-8-10-19(26)11-9-17/h4-11,15-16,25-26H,3,12-13H2,1-2H3,(H,24,27)/b18-15-. The Morgan fingerprint density at radius 2 is 1.93 bits per heavy atom. The van der Waals surface area contributed by atoms with E-state index in [4.69, 9.17) is 0 Å². The van der Waals surface area contributed by atoms with Crippen molar-refractivity contribution in [2.24, 2.45) is 0 Å². The lowest BCUT2D eigenvalue weighted by Crippen LogP contribution is -2.27. The van der Waals surface area contributed by atoms with E-state index in [-0.39, 0.29) is 11.3 Å². The molecule has 2 aromatic rings. The summed E-state index contributed by atoms with van der Waals surface area (Å²) in [6, 6.07) is 16.7. The van der Waals surface area contributed by atoms with Crippen LogP contribution in [0.15, 0.2) is 60.3 Å². The second-order valence-corrected chi connectivity index (χ2v) is 6.38. The van der Waals surface area contributed by atoms with Gasteiger partial charge in [0.15, 0.2) is 0 Å². The molecule has 0 saturated heterocycles. The first kappa shape index (κ1) is 20.1. The third-order valence-electron chi connectivity index (χ3n) is 4.48. The predicted molar refractivity (Wildman–Crippen MR) is 107 cm³/mol. The van der Waals surface area contributed by atoms with Gasteiger partial charge in [-0.3, -0.25) is 4.79 Å². The molecule has 0 aliphatic heterocycles. The summed E-state index contributed by atoms with van der Waals surface area (Å²) in [6.07, 6.45) is 3.08. The van der Waals surface area contributed by atoms with Crippen LogP contribution in [-0.2, 0) is 11.2 Å². The molecule has 0 spiro atoms. The first-order valence-corrected chi connectivity index (χ1v) is 9.07. The fraction of sp³-hybridized carbons (Fsp3) is 0.273. The molecule has 0 aliphatic carbocycles. The van der Waals surface area contributed by atoms with Crippen LogP contribution in [0.3, 0.4) is 0 Å². The van der Waals surface area contributed by atoms with E-state index < -0.39 is 5.91 Å². The maximum atomic E-state index is 12.2. The van der Waals surface area contributed by atoms with Gasteiger partial charge in [0, 0.05) is 18.4 Å². The zero-order valence-electron chi connectivity index (χ0n) is 15.7. The van der Waals surface area contributed by atoms with Crippen molar-refractivity contribution in [3.63, 3.8) is 0 Å². The average molecular weight is 363 g/mol. The number of anilines is 1. The summed E-state index contributed by atoms with van der Waals surface area (Å²) < 4.78 is 0. The number of hydrogen-bond acceptors (Lipinski definition) is 4. The minimum atomic E-state index is -0.412. The molecule has 1 amide bonds. The fourth-order valence-corrected chi connectivity index (χ4v) is 2.65. The number of nitrogens with one attached hydrogen (secondary N) is 2. The first-order valence-electron chi connectivity index (χ1n) is 9.07. The third kappa shape index (κ3) is 5.89. The van der Waals surface area contributed by atoms with Crippen LogP contribution in [0.25, 0.3) is 0 Å². The van der Waals surface area contributed by atoms with Gasteiger partial charge in [0.05, 0.1) is 0 Å². The van der Waals surface area contributed by atoms with Crippen molar-refractivity contribution >= 4 is 11.6 Å². The number of para-hydroxylation sites is 1. The van der Waals surface area contributed by atoms with E-state index in [2.05, 4.69) is 24.5 Å². The number of hydrogen-bond donors (Lipinski definition) is 3. The molecule has 0 heterocycles. The van der Waals surface area contributed by atoms with Gasteiger partial charge in [-0.1, -0.05) is 44.2 Å². The summed E-state index contributed by atoms with van der Waals surface area (Å²) in [5.74, 6) is 0.179. The van der Waals surface area contributed by atoms with Gasteiger partial charge in [0.2, 0.25) is 0 Å². The normalized spacial score (nSPS) is 12.1. The van der Waals surface area contributed by atoms with Crippen molar-refractivity contribution in [3.05, 3.63) is 71.4 Å². The van der Waals surface area contributed by atoms with Crippen LogP contribution in [-0.4, -0.2) is 17.6 Å². The van der Waals surface area contributed by atoms with Gasteiger partial charge >= 0.3 is 0 Å². The highest BCUT2D eigenvalue weighted by Gasteiger charge is 2.10. The lowest BCUT2D eigenvalue weighted by Gasteiger charge is -2.14. The minimum Gasteiger partial charge on any atom is -0.508 e. The van der Waals surface area contributed by atoms with Gasteiger partial charge in [-0.15, -0.1) is 0 Å². The molecule has 0 fully saturated rings. The Hall–Kier alpha value is -3.26. The number of benzene rings is 2. The molecule has 1 atom stereocenters. The van der Waals surface area contributed by atoms with Gasteiger partial charge in [-0.05, 0) is 48.1 Å². The molecule has 0 bridgehead atoms. The number of carbonyl (C=O) groups excluding carboxylic acids is 1. The molecule has 27 heavy (non-hydrogen) atoms. The number of carbonyl (C=O) groups is 1. The summed E-state index contributed by atoms with van der Waals surface area (Å²) in [6.45, 7) is 4.68. The molecule has 5 nitrogen and oxygen atoms in total. The SMILES string of the molecule is CCC(C)c1ccccc1N/C=C(/C#N)C(=O)NCCc1ccc(O)cc1. The van der Waals surface area contributed by atoms with E-state index in [1.54, 1.807) is 24.3 Å². The molecular formula is C22H25N3O2. The lowest BCUT2D eigenvalue weighted by atomic mass is 9.97. The molecule has 0 aliphatic rings. The maximum Gasteiger partial charge on any atom is 0.263 e. The third-order valence-corrected chi connectivity index (χ3v) is 4.48. The molecule has 2 rings (SSSR count). The zero-order valence-corrected chi connectivity index (χ0v) is 15.7. The van der Waals surface area contributed by atoms with Crippen LogP contribution in [0.2, 0.25) is 0 Å². The van der Waals surface area contributed by atoms with Gasteiger partial charge < -0.3 is 15.7 Å². The van der Waals surface area contributed by atoms with Crippen molar-refractivity contribution in [2.45, 2.75) is 32.6 Å². The van der Waals surface area contributed by atoms with E-state index in [0.29, 0.717) is 18.9 Å². The van der Waals surface area contributed by atoms with Crippen LogP contribution in [0.5, 0.6) is 5.75 Å². The number of nitrogens with zero attached hydrogens (tertiary/aromatic N) is 1. The van der Waals surface area contributed by atoms with Gasteiger partial charge in [0.25, 0.3) is 5.91 Å². The van der Waals surface area contributed by atoms with Crippen molar-refractivity contribution in [2.75, 3.05) is 11.9 Å². The van der Waals surface area contributed by atoms with Crippen molar-refractivity contribution in [1.29, 1.82) is 5.26 Å². The van der Waals surface area contributed by atoms with Gasteiger partial charge in [0.1, 0.15) is 17.4 Å². The highest BCUT2D eigenvalue weighted by Crippen LogP contribution is 2.26. The number of nitriles is 1. The number of phenols is 1. The van der Waals surface area contributed by atoms with Crippen molar-refractivity contribution < 1.29 is 9.90 Å². The molecule has 5 heteroatoms. The maximum absolute atomic E-state index is 12.2. The molecule has 0 saturated carbocycles. The zero-order chi connectivity index (χ0) is 19.6. The second-order valence-electron chi connectivity index (χ2n) is 6.38. The number of aromatic hydroxyl groups is 1. The molecule has 0 radical (unpaired) electrons. The molecular weight excluding hydrogens is 338 g/mol. The largest absolute Gasteiger partial charge is 0.508 e. The topological polar surface area (TPSA) is 85.2 Å². The Morgan fingerprint density at radius 3 is 2.59 bits per heavy atom. The van der Waals surface area contributed by atoms with E-state index in [9.17, 15) is 15.2 Å². The van der Waals surface area contributed by atoms with E-state index in [1.807, 2.05) is 30.3 Å². The summed E-state index contributed by atoms with van der Waals surface area (Å²) in [5, 5.41) is 24.4. The van der Waals surface area contributed by atoms with Gasteiger partial charge in [-0.2, -0.15) is 5.26 Å². The second kappa shape index (κ2) is 10.0. The Balaban J connectivity index is 1.96. The average Bonchev–Trinajstić information content (AvgIpc) is 2.69. The highest BCUT2D eigenvalue weighted by atomic mass is 16.3. The van der Waals surface area contributed by atoms with Gasteiger partial charge in [-0.25, -0.2) is 0 Å². The Morgan fingerprint density at radius 1 is 1.22 bits per heavy atom. The fourth-order valence-electron chi connectivity index (χ4n) is 2.65. The quantitative estimate of drug-likeness (QED) is 0.487. The van der Waals surface area contributed by atoms with Crippen molar-refractivity contribution in [1.82, 2.24) is 5.32 Å². The monoisotopic (exact) mass is 363 g/mol. The summed E-state index contributed by atoms with van der Waals surface area (Å²) in [7, 11) is 0. The molecule has 1 unspecified atom stereocenters. The van der Waals surface area contributed by atoms with Crippen molar-refractivity contribution in [3.8, 4) is 11.8 Å². The van der Waals surface area contributed by atoms with E-state index >= 15 is 0 Å². The smallest absolute Gasteiger partial charge is 0.263 e. The number of rotatable bonds is 8. The van der Waals surface area contributed by atoms with Crippen LogP contribution in [0.1, 0.15) is 37.3 Å². The molecule has 0 aromatic heterocycles. The van der Waals surface area contributed by atoms with Crippen LogP contribution in [0.4, 0.5) is 5.69 Å². The summed E-state index contributed by atoms with van der Waals surface area (Å²) in [4.78, 5) is 12.2. The molecule has 2 aromatic carbocycles. The number of amides is 1. The predicted octanol–water partition coefficient (Wildman–Crippen LogP) is 4.08. The number of phenolic OH excluding ortho intramolecular Hbond substituents is 1. The van der Waals surface area contributed by atoms with Crippen LogP contribution < -0.4 is 10.6 Å². The first-order chi connectivity index (χ1) is 13.0. The van der Waals surface area contributed by atoms with Crippen LogP contribution in [0, 0.1) is 11.3 Å². The molecule has 3 N–H and O–H groups in total. The molecule has 140 valence electrons. The highest BCUT2D eigenvalue weighted by molar-refractivity contribution is 5.97. The van der Waals surface area contributed by atoms with E-state index in [0.717, 1.165) is 23.2 Å². The Kier molecular flexibility index (Phi) is 7.45. The minimum absolute atomic E-state index is 0.0275. The summed E-state index contributed by atoms with van der Waals surface area (Å²) in [5.41, 5.74) is 3.08. The summed E-state index contributed by atoms with van der Waals surface area (Å²) >= 11 is 0. The lowest BCUT2D eigenvalue weighted by molar-refractivity contribution is -0.117. The Bertz CT molecular complexity index is 835.